The Morgan fingerprint density at radius 3 is 1.11 bits per heavy atom. The van der Waals surface area contributed by atoms with Gasteiger partial charge < -0.3 is 9.47 Å². The fourth-order valence-corrected chi connectivity index (χ4v) is 6.61. The van der Waals surface area contributed by atoms with E-state index in [1.165, 1.54) is 60.8 Å². The lowest BCUT2D eigenvalue weighted by Gasteiger charge is -2.14. The van der Waals surface area contributed by atoms with Crippen LogP contribution < -0.4 is 9.47 Å². The first kappa shape index (κ1) is 38.1. The van der Waals surface area contributed by atoms with E-state index in [-0.39, 0.29) is 0 Å². The second-order valence-corrected chi connectivity index (χ2v) is 14.0. The van der Waals surface area contributed by atoms with Gasteiger partial charge in [0.15, 0.2) is 0 Å². The van der Waals surface area contributed by atoms with Crippen molar-refractivity contribution in [3.05, 3.63) is 168 Å². The van der Waals surface area contributed by atoms with Crippen molar-refractivity contribution in [3.8, 4) is 44.9 Å². The Kier molecular flexibility index (Phi) is 14.5. The highest BCUT2D eigenvalue weighted by Crippen LogP contribution is 2.33. The third-order valence-electron chi connectivity index (χ3n) is 9.81. The molecular formula is C52H54O2. The first-order valence-electron chi connectivity index (χ1n) is 19.9. The maximum atomic E-state index is 6.40. The van der Waals surface area contributed by atoms with E-state index in [0.29, 0.717) is 0 Å². The molecular weight excluding hydrogens is 657 g/mol. The summed E-state index contributed by atoms with van der Waals surface area (Å²) in [4.78, 5) is 0. The van der Waals surface area contributed by atoms with Gasteiger partial charge in [-0.3, -0.25) is 0 Å². The van der Waals surface area contributed by atoms with Gasteiger partial charge in [0, 0.05) is 11.1 Å². The van der Waals surface area contributed by atoms with Gasteiger partial charge in [0.25, 0.3) is 0 Å². The summed E-state index contributed by atoms with van der Waals surface area (Å²) in [5.41, 5.74) is 11.6. The van der Waals surface area contributed by atoms with Gasteiger partial charge in [-0.05, 0) is 81.6 Å². The molecule has 6 rings (SSSR count). The molecule has 0 aliphatic carbocycles. The summed E-state index contributed by atoms with van der Waals surface area (Å²) < 4.78 is 12.8. The van der Waals surface area contributed by atoms with Gasteiger partial charge in [-0.15, -0.1) is 0 Å². The summed E-state index contributed by atoms with van der Waals surface area (Å²) in [7, 11) is 0. The molecule has 0 atom stereocenters. The normalized spacial score (nSPS) is 11.4. The zero-order valence-corrected chi connectivity index (χ0v) is 32.1. The van der Waals surface area contributed by atoms with Gasteiger partial charge in [0.05, 0.1) is 13.2 Å². The summed E-state index contributed by atoms with van der Waals surface area (Å²) in [6.07, 6.45) is 18.2. The van der Waals surface area contributed by atoms with Crippen LogP contribution in [0, 0.1) is 0 Å². The molecule has 0 aliphatic rings. The Hall–Kier alpha value is -5.60. The smallest absolute Gasteiger partial charge is 0.126 e. The Labute approximate surface area is 323 Å². The zero-order valence-electron chi connectivity index (χ0n) is 32.1. The van der Waals surface area contributed by atoms with Crippen LogP contribution in [0.1, 0.15) is 87.5 Å². The van der Waals surface area contributed by atoms with Crippen molar-refractivity contribution in [2.45, 2.75) is 65.2 Å². The summed E-state index contributed by atoms with van der Waals surface area (Å²) in [5, 5.41) is 0. The Balaban J connectivity index is 1.27. The van der Waals surface area contributed by atoms with Gasteiger partial charge in [-0.1, -0.05) is 198 Å². The van der Waals surface area contributed by atoms with E-state index < -0.39 is 0 Å². The minimum absolute atomic E-state index is 0.720. The average molecular weight is 711 g/mol. The molecule has 6 aromatic rings. The molecule has 2 heteroatoms. The summed E-state index contributed by atoms with van der Waals surface area (Å²) in [6.45, 7) is 5.92. The third-order valence-corrected chi connectivity index (χ3v) is 9.81. The second kappa shape index (κ2) is 20.6. The van der Waals surface area contributed by atoms with E-state index in [0.717, 1.165) is 70.9 Å². The zero-order chi connectivity index (χ0) is 37.2. The molecule has 0 bridgehead atoms. The van der Waals surface area contributed by atoms with Crippen LogP contribution in [0.25, 0.3) is 57.7 Å². The molecule has 274 valence electrons. The maximum Gasteiger partial charge on any atom is 0.126 e. The van der Waals surface area contributed by atoms with E-state index in [1.54, 1.807) is 0 Å². The van der Waals surface area contributed by atoms with Crippen molar-refractivity contribution < 1.29 is 9.47 Å². The van der Waals surface area contributed by atoms with E-state index >= 15 is 0 Å². The van der Waals surface area contributed by atoms with Crippen molar-refractivity contribution in [2.75, 3.05) is 13.2 Å². The van der Waals surface area contributed by atoms with E-state index in [1.807, 2.05) is 0 Å². The van der Waals surface area contributed by atoms with Crippen LogP contribution in [0.2, 0.25) is 0 Å². The van der Waals surface area contributed by atoms with Crippen molar-refractivity contribution >= 4 is 24.3 Å². The molecule has 0 N–H and O–H groups in total. The summed E-state index contributed by atoms with van der Waals surface area (Å²) in [6, 6.07) is 51.7. The SMILES string of the molecule is CCCCCCOc1ccc(-c2ccc(OCCCCCC)c(/C=C/c3ccc(-c4ccccc4)cc3)c2)cc1/C=C/c1ccc(-c2ccccc2)cc1. The van der Waals surface area contributed by atoms with Crippen molar-refractivity contribution in [1.29, 1.82) is 0 Å². The Morgan fingerprint density at radius 1 is 0.352 bits per heavy atom. The quantitative estimate of drug-likeness (QED) is 0.0615. The van der Waals surface area contributed by atoms with Crippen molar-refractivity contribution in [1.82, 2.24) is 0 Å². The molecule has 0 fully saturated rings. The first-order valence-corrected chi connectivity index (χ1v) is 19.9. The average Bonchev–Trinajstić information content (AvgIpc) is 3.23. The predicted octanol–water partition coefficient (Wildman–Crippen LogP) is 14.9. The number of hydrogen-bond acceptors (Lipinski definition) is 2. The monoisotopic (exact) mass is 710 g/mol. The van der Waals surface area contributed by atoms with Crippen molar-refractivity contribution in [3.63, 3.8) is 0 Å². The van der Waals surface area contributed by atoms with Gasteiger partial charge in [0.2, 0.25) is 0 Å². The van der Waals surface area contributed by atoms with E-state index in [4.69, 9.17) is 9.47 Å². The topological polar surface area (TPSA) is 18.5 Å². The predicted molar refractivity (Wildman–Crippen MR) is 233 cm³/mol. The summed E-state index contributed by atoms with van der Waals surface area (Å²) >= 11 is 0. The lowest BCUT2D eigenvalue weighted by molar-refractivity contribution is 0.304. The fraction of sp³-hybridized carbons (Fsp3) is 0.231. The molecule has 0 aliphatic heterocycles. The molecule has 0 saturated heterocycles. The van der Waals surface area contributed by atoms with Crippen LogP contribution in [-0.4, -0.2) is 13.2 Å². The van der Waals surface area contributed by atoms with Crippen LogP contribution in [0.15, 0.2) is 146 Å². The molecule has 6 aromatic carbocycles. The number of benzene rings is 6. The van der Waals surface area contributed by atoms with Gasteiger partial charge in [0.1, 0.15) is 11.5 Å². The molecule has 0 saturated carbocycles. The molecule has 0 unspecified atom stereocenters. The minimum Gasteiger partial charge on any atom is -0.493 e. The number of hydrogen-bond donors (Lipinski definition) is 0. The lowest BCUT2D eigenvalue weighted by Crippen LogP contribution is -2.00. The largest absolute Gasteiger partial charge is 0.493 e. The molecule has 0 amide bonds. The van der Waals surface area contributed by atoms with Crippen LogP contribution in [-0.2, 0) is 0 Å². The molecule has 2 nitrogen and oxygen atoms in total. The molecule has 54 heavy (non-hydrogen) atoms. The minimum atomic E-state index is 0.720. The van der Waals surface area contributed by atoms with Gasteiger partial charge in [-0.25, -0.2) is 0 Å². The first-order chi connectivity index (χ1) is 26.7. The summed E-state index contributed by atoms with van der Waals surface area (Å²) in [5.74, 6) is 1.83. The van der Waals surface area contributed by atoms with Crippen molar-refractivity contribution in [2.24, 2.45) is 0 Å². The van der Waals surface area contributed by atoms with Crippen LogP contribution in [0.5, 0.6) is 11.5 Å². The highest BCUT2D eigenvalue weighted by atomic mass is 16.5. The molecule has 0 heterocycles. The second-order valence-electron chi connectivity index (χ2n) is 14.0. The van der Waals surface area contributed by atoms with Gasteiger partial charge in [-0.2, -0.15) is 0 Å². The van der Waals surface area contributed by atoms with Crippen LogP contribution >= 0.6 is 0 Å². The fourth-order valence-electron chi connectivity index (χ4n) is 6.61. The number of ether oxygens (including phenoxy) is 2. The number of unbranched alkanes of at least 4 members (excludes halogenated alkanes) is 6. The highest BCUT2D eigenvalue weighted by molar-refractivity contribution is 5.81. The van der Waals surface area contributed by atoms with Crippen LogP contribution in [0.3, 0.4) is 0 Å². The molecule has 0 spiro atoms. The number of rotatable bonds is 19. The van der Waals surface area contributed by atoms with Crippen LogP contribution in [0.4, 0.5) is 0 Å². The standard InChI is InChI=1S/C52H54O2/c1-3-5-7-15-37-53-51-35-33-47(39-49(51)31-25-41-21-27-45(28-22-41)43-17-11-9-12-18-43)48-34-36-52(54-38-16-8-6-4-2)50(40-48)32-26-42-23-29-46(30-24-42)44-19-13-10-14-20-44/h9-14,17-36,39-40H,3-8,15-16,37-38H2,1-2H3/b31-25+,32-26+. The molecule has 0 radical (unpaired) electrons. The third kappa shape index (κ3) is 11.2. The van der Waals surface area contributed by atoms with E-state index in [2.05, 4.69) is 184 Å². The Morgan fingerprint density at radius 2 is 0.722 bits per heavy atom. The van der Waals surface area contributed by atoms with Gasteiger partial charge >= 0.3 is 0 Å². The van der Waals surface area contributed by atoms with E-state index in [9.17, 15) is 0 Å². The Bertz CT molecular complexity index is 1900. The lowest BCUT2D eigenvalue weighted by atomic mass is 9.98. The maximum absolute atomic E-state index is 6.40. The molecule has 0 aromatic heterocycles. The highest BCUT2D eigenvalue weighted by Gasteiger charge is 2.10.